The molecule has 3 nitrogen and oxygen atoms in total. The van der Waals surface area contributed by atoms with Crippen LogP contribution in [0.25, 0.3) is 0 Å². The highest BCUT2D eigenvalue weighted by Gasteiger charge is 2.33. The third kappa shape index (κ3) is 2.84. The molecule has 1 saturated carbocycles. The van der Waals surface area contributed by atoms with Gasteiger partial charge in [0.05, 0.1) is 0 Å². The van der Waals surface area contributed by atoms with Crippen LogP contribution in [0.4, 0.5) is 0 Å². The van der Waals surface area contributed by atoms with Crippen LogP contribution in [0.2, 0.25) is 0 Å². The average Bonchev–Trinajstić information content (AvgIpc) is 3.08. The lowest BCUT2D eigenvalue weighted by atomic mass is 10.1. The predicted molar refractivity (Wildman–Crippen MR) is 71.7 cm³/mol. The second kappa shape index (κ2) is 5.01. The van der Waals surface area contributed by atoms with Gasteiger partial charge in [-0.15, -0.1) is 0 Å². The van der Waals surface area contributed by atoms with E-state index in [9.17, 15) is 9.90 Å². The van der Waals surface area contributed by atoms with Crippen molar-refractivity contribution < 1.29 is 9.90 Å². The summed E-state index contributed by atoms with van der Waals surface area (Å²) < 4.78 is 0. The van der Waals surface area contributed by atoms with Gasteiger partial charge in [-0.1, -0.05) is 13.8 Å². The van der Waals surface area contributed by atoms with Crippen LogP contribution >= 0.6 is 0 Å². The maximum atomic E-state index is 12.5. The quantitative estimate of drug-likeness (QED) is 0.888. The highest BCUT2D eigenvalue weighted by atomic mass is 16.3. The summed E-state index contributed by atoms with van der Waals surface area (Å²) in [7, 11) is 0. The van der Waals surface area contributed by atoms with E-state index >= 15 is 0 Å². The highest BCUT2D eigenvalue weighted by Crippen LogP contribution is 2.30. The van der Waals surface area contributed by atoms with Gasteiger partial charge in [-0.05, 0) is 49.4 Å². The van der Waals surface area contributed by atoms with Gasteiger partial charge in [-0.3, -0.25) is 4.79 Å². The van der Waals surface area contributed by atoms with Crippen molar-refractivity contribution in [2.75, 3.05) is 6.54 Å². The second-order valence-electron chi connectivity index (χ2n) is 5.58. The van der Waals surface area contributed by atoms with Crippen molar-refractivity contribution >= 4 is 5.91 Å². The number of hydrogen-bond donors (Lipinski definition) is 1. The van der Waals surface area contributed by atoms with E-state index in [0.717, 1.165) is 24.9 Å². The Morgan fingerprint density at radius 1 is 1.44 bits per heavy atom. The zero-order valence-electron chi connectivity index (χ0n) is 11.3. The predicted octanol–water partition coefficient (Wildman–Crippen LogP) is 2.96. The molecule has 0 bridgehead atoms. The number of rotatable bonds is 4. The molecule has 1 aromatic carbocycles. The summed E-state index contributed by atoms with van der Waals surface area (Å²) in [6.07, 6.45) is 2.24. The lowest BCUT2D eigenvalue weighted by Crippen LogP contribution is -2.36. The van der Waals surface area contributed by atoms with E-state index in [1.165, 1.54) is 0 Å². The van der Waals surface area contributed by atoms with Crippen molar-refractivity contribution in [2.45, 2.75) is 39.7 Å². The summed E-state index contributed by atoms with van der Waals surface area (Å²) in [5.74, 6) is 0.793. The van der Waals surface area contributed by atoms with Crippen molar-refractivity contribution in [3.8, 4) is 5.75 Å². The molecule has 0 spiro atoms. The van der Waals surface area contributed by atoms with Crippen molar-refractivity contribution in [1.29, 1.82) is 0 Å². The van der Waals surface area contributed by atoms with Gasteiger partial charge >= 0.3 is 0 Å². The van der Waals surface area contributed by atoms with Crippen LogP contribution in [0.5, 0.6) is 5.75 Å². The van der Waals surface area contributed by atoms with Crippen LogP contribution in [0.1, 0.15) is 42.6 Å². The summed E-state index contributed by atoms with van der Waals surface area (Å²) in [5.41, 5.74) is 1.55. The molecule has 1 aliphatic rings. The van der Waals surface area contributed by atoms with Gasteiger partial charge in [0.15, 0.2) is 0 Å². The topological polar surface area (TPSA) is 40.5 Å². The molecular formula is C15H21NO2. The number of aryl methyl sites for hydroxylation is 1. The smallest absolute Gasteiger partial charge is 0.254 e. The van der Waals surface area contributed by atoms with E-state index in [1.54, 1.807) is 18.2 Å². The molecule has 3 heteroatoms. The van der Waals surface area contributed by atoms with E-state index in [0.29, 0.717) is 17.5 Å². The summed E-state index contributed by atoms with van der Waals surface area (Å²) >= 11 is 0. The second-order valence-corrected chi connectivity index (χ2v) is 5.58. The van der Waals surface area contributed by atoms with Gasteiger partial charge in [0, 0.05) is 18.2 Å². The molecule has 1 amide bonds. The van der Waals surface area contributed by atoms with Crippen molar-refractivity contribution in [2.24, 2.45) is 5.92 Å². The first-order valence-electron chi connectivity index (χ1n) is 6.59. The summed E-state index contributed by atoms with van der Waals surface area (Å²) in [5, 5.41) is 9.40. The Morgan fingerprint density at radius 2 is 2.11 bits per heavy atom. The van der Waals surface area contributed by atoms with Gasteiger partial charge in [0.2, 0.25) is 0 Å². The van der Waals surface area contributed by atoms with E-state index in [4.69, 9.17) is 0 Å². The van der Waals surface area contributed by atoms with Crippen molar-refractivity contribution in [3.05, 3.63) is 29.3 Å². The number of benzene rings is 1. The average molecular weight is 247 g/mol. The minimum atomic E-state index is 0.101. The Hall–Kier alpha value is -1.51. The van der Waals surface area contributed by atoms with Gasteiger partial charge < -0.3 is 10.0 Å². The minimum Gasteiger partial charge on any atom is -0.508 e. The van der Waals surface area contributed by atoms with E-state index < -0.39 is 0 Å². The fourth-order valence-electron chi connectivity index (χ4n) is 2.22. The normalized spacial score (nSPS) is 14.9. The van der Waals surface area contributed by atoms with E-state index in [2.05, 4.69) is 13.8 Å². The molecule has 0 aromatic heterocycles. The first-order valence-corrected chi connectivity index (χ1v) is 6.59. The number of phenols is 1. The molecule has 1 aliphatic carbocycles. The molecule has 0 atom stereocenters. The van der Waals surface area contributed by atoms with E-state index in [-0.39, 0.29) is 11.7 Å². The standard InChI is InChI=1S/C15H21NO2/c1-10(2)9-16(12-4-5-12)15(18)14-7-6-13(17)8-11(14)3/h6-8,10,12,17H,4-5,9H2,1-3H3. The first kappa shape index (κ1) is 12.9. The monoisotopic (exact) mass is 247 g/mol. The van der Waals surface area contributed by atoms with Crippen LogP contribution in [-0.4, -0.2) is 28.5 Å². The number of phenolic OH excluding ortho intramolecular Hbond substituents is 1. The maximum absolute atomic E-state index is 12.5. The molecule has 0 unspecified atom stereocenters. The van der Waals surface area contributed by atoms with Gasteiger partial charge in [0.1, 0.15) is 5.75 Å². The van der Waals surface area contributed by atoms with Crippen LogP contribution in [0, 0.1) is 12.8 Å². The molecule has 18 heavy (non-hydrogen) atoms. The lowest BCUT2D eigenvalue weighted by Gasteiger charge is -2.25. The van der Waals surface area contributed by atoms with Gasteiger partial charge in [-0.25, -0.2) is 0 Å². The van der Waals surface area contributed by atoms with Crippen LogP contribution in [-0.2, 0) is 0 Å². The molecule has 1 fully saturated rings. The van der Waals surface area contributed by atoms with Crippen molar-refractivity contribution in [1.82, 2.24) is 4.90 Å². The molecule has 0 heterocycles. The third-order valence-corrected chi connectivity index (χ3v) is 3.25. The molecular weight excluding hydrogens is 226 g/mol. The fourth-order valence-corrected chi connectivity index (χ4v) is 2.22. The first-order chi connectivity index (χ1) is 8.49. The Bertz CT molecular complexity index is 450. The minimum absolute atomic E-state index is 0.101. The lowest BCUT2D eigenvalue weighted by molar-refractivity contribution is 0.0722. The SMILES string of the molecule is Cc1cc(O)ccc1C(=O)N(CC(C)C)C1CC1. The van der Waals surface area contributed by atoms with Crippen molar-refractivity contribution in [3.63, 3.8) is 0 Å². The number of carbonyl (C=O) groups is 1. The van der Waals surface area contributed by atoms with Crippen LogP contribution in [0.15, 0.2) is 18.2 Å². The maximum Gasteiger partial charge on any atom is 0.254 e. The third-order valence-electron chi connectivity index (χ3n) is 3.25. The Morgan fingerprint density at radius 3 is 2.61 bits per heavy atom. The number of hydrogen-bond acceptors (Lipinski definition) is 2. The molecule has 1 aromatic rings. The molecule has 98 valence electrons. The fraction of sp³-hybridized carbons (Fsp3) is 0.533. The molecule has 0 radical (unpaired) electrons. The van der Waals surface area contributed by atoms with E-state index in [1.807, 2.05) is 11.8 Å². The van der Waals surface area contributed by atoms with Gasteiger partial charge in [0.25, 0.3) is 5.91 Å². The van der Waals surface area contributed by atoms with Gasteiger partial charge in [-0.2, -0.15) is 0 Å². The van der Waals surface area contributed by atoms with Crippen LogP contribution < -0.4 is 0 Å². The number of carbonyl (C=O) groups excluding carboxylic acids is 1. The Kier molecular flexibility index (Phi) is 3.60. The number of amides is 1. The Labute approximate surface area is 108 Å². The number of aromatic hydroxyl groups is 1. The molecule has 0 aliphatic heterocycles. The summed E-state index contributed by atoms with van der Waals surface area (Å²) in [6, 6.07) is 5.38. The summed E-state index contributed by atoms with van der Waals surface area (Å²) in [6.45, 7) is 6.94. The largest absolute Gasteiger partial charge is 0.508 e. The molecule has 0 saturated heterocycles. The Balaban J connectivity index is 2.22. The molecule has 1 N–H and O–H groups in total. The van der Waals surface area contributed by atoms with Crippen LogP contribution in [0.3, 0.4) is 0 Å². The molecule has 2 rings (SSSR count). The zero-order chi connectivity index (χ0) is 13.3. The number of nitrogens with zero attached hydrogens (tertiary/aromatic N) is 1. The highest BCUT2D eigenvalue weighted by molar-refractivity contribution is 5.96. The zero-order valence-corrected chi connectivity index (χ0v) is 11.3. The summed E-state index contributed by atoms with van der Waals surface area (Å²) in [4.78, 5) is 14.5.